The largest absolute Gasteiger partial charge is 0.473 e. The van der Waals surface area contributed by atoms with Crippen LogP contribution in [0.25, 0.3) is 0 Å². The van der Waals surface area contributed by atoms with Crippen LogP contribution < -0.4 is 4.74 Å². The van der Waals surface area contributed by atoms with Gasteiger partial charge in [-0.15, -0.1) is 0 Å². The number of piperidine rings is 1. The number of aromatic nitrogens is 1. The fourth-order valence-electron chi connectivity index (χ4n) is 2.75. The summed E-state index contributed by atoms with van der Waals surface area (Å²) in [5.74, 6) is 3.65. The fourth-order valence-corrected chi connectivity index (χ4v) is 3.84. The Kier molecular flexibility index (Phi) is 4.68. The summed E-state index contributed by atoms with van der Waals surface area (Å²) >= 11 is 1.91. The number of pyridine rings is 1. The van der Waals surface area contributed by atoms with E-state index >= 15 is 0 Å². The van der Waals surface area contributed by atoms with Gasteiger partial charge in [-0.05, 0) is 37.0 Å². The van der Waals surface area contributed by atoms with Crippen LogP contribution in [0.5, 0.6) is 5.88 Å². The summed E-state index contributed by atoms with van der Waals surface area (Å²) in [6.07, 6.45) is 5.20. The standard InChI is InChI=1S/C16H22N2O2S/c1-12-4-7-18(8-5-12)16(19)13-2-3-15(17-10-13)20-14-6-9-21-11-14/h2-3,10,12,14H,4-9,11H2,1H3. The molecule has 5 heteroatoms. The highest BCUT2D eigenvalue weighted by atomic mass is 32.2. The Bertz CT molecular complexity index is 478. The number of amides is 1. The molecule has 0 aliphatic carbocycles. The molecule has 0 radical (unpaired) electrons. The molecule has 0 aromatic carbocycles. The second-order valence-corrected chi connectivity index (χ2v) is 7.11. The summed E-state index contributed by atoms with van der Waals surface area (Å²) < 4.78 is 5.81. The molecule has 1 aromatic rings. The molecule has 2 saturated heterocycles. The number of hydrogen-bond donors (Lipinski definition) is 0. The first kappa shape index (κ1) is 14.7. The molecule has 1 unspecified atom stereocenters. The van der Waals surface area contributed by atoms with Gasteiger partial charge >= 0.3 is 0 Å². The average Bonchev–Trinajstić information content (AvgIpc) is 3.01. The van der Waals surface area contributed by atoms with Crippen LogP contribution in [-0.2, 0) is 0 Å². The van der Waals surface area contributed by atoms with Crippen molar-refractivity contribution >= 4 is 17.7 Å². The average molecular weight is 306 g/mol. The second-order valence-electron chi connectivity index (χ2n) is 5.96. The van der Waals surface area contributed by atoms with Gasteiger partial charge in [0.1, 0.15) is 6.10 Å². The maximum Gasteiger partial charge on any atom is 0.255 e. The SMILES string of the molecule is CC1CCN(C(=O)c2ccc(OC3CCSC3)nc2)CC1. The minimum Gasteiger partial charge on any atom is -0.473 e. The van der Waals surface area contributed by atoms with E-state index in [2.05, 4.69) is 11.9 Å². The molecule has 1 atom stereocenters. The molecule has 3 rings (SSSR count). The lowest BCUT2D eigenvalue weighted by Gasteiger charge is -2.30. The van der Waals surface area contributed by atoms with Gasteiger partial charge in [0.25, 0.3) is 5.91 Å². The number of hydrogen-bond acceptors (Lipinski definition) is 4. The molecule has 0 saturated carbocycles. The highest BCUT2D eigenvalue weighted by Crippen LogP contribution is 2.22. The molecule has 2 fully saturated rings. The number of nitrogens with zero attached hydrogens (tertiary/aromatic N) is 2. The van der Waals surface area contributed by atoms with Gasteiger partial charge < -0.3 is 9.64 Å². The van der Waals surface area contributed by atoms with Crippen molar-refractivity contribution in [3.63, 3.8) is 0 Å². The third-order valence-electron chi connectivity index (χ3n) is 4.23. The molecule has 2 aliphatic rings. The molecule has 2 aliphatic heterocycles. The molecule has 0 N–H and O–H groups in total. The molecule has 1 aromatic heterocycles. The summed E-state index contributed by atoms with van der Waals surface area (Å²) in [7, 11) is 0. The number of rotatable bonds is 3. The lowest BCUT2D eigenvalue weighted by molar-refractivity contribution is 0.0696. The Morgan fingerprint density at radius 2 is 2.14 bits per heavy atom. The first-order chi connectivity index (χ1) is 10.2. The van der Waals surface area contributed by atoms with Crippen molar-refractivity contribution in [1.82, 2.24) is 9.88 Å². The Morgan fingerprint density at radius 3 is 2.76 bits per heavy atom. The van der Waals surface area contributed by atoms with E-state index < -0.39 is 0 Å². The van der Waals surface area contributed by atoms with Gasteiger partial charge in [0.05, 0.1) is 5.56 Å². The third-order valence-corrected chi connectivity index (χ3v) is 5.36. The van der Waals surface area contributed by atoms with Crippen LogP contribution in [0.2, 0.25) is 0 Å². The van der Waals surface area contributed by atoms with Gasteiger partial charge in [-0.25, -0.2) is 4.98 Å². The van der Waals surface area contributed by atoms with Gasteiger partial charge in [0, 0.05) is 31.1 Å². The molecule has 0 bridgehead atoms. The minimum atomic E-state index is 0.0948. The first-order valence-electron chi connectivity index (χ1n) is 7.72. The van der Waals surface area contributed by atoms with Crippen LogP contribution in [0.15, 0.2) is 18.3 Å². The van der Waals surface area contributed by atoms with E-state index in [1.807, 2.05) is 28.8 Å². The molecule has 3 heterocycles. The summed E-state index contributed by atoms with van der Waals surface area (Å²) in [4.78, 5) is 18.6. The highest BCUT2D eigenvalue weighted by Gasteiger charge is 2.22. The van der Waals surface area contributed by atoms with Gasteiger partial charge in [-0.2, -0.15) is 11.8 Å². The minimum absolute atomic E-state index is 0.0948. The van der Waals surface area contributed by atoms with Crippen molar-refractivity contribution in [3.05, 3.63) is 23.9 Å². The van der Waals surface area contributed by atoms with Gasteiger partial charge in [0.15, 0.2) is 0 Å². The van der Waals surface area contributed by atoms with Crippen molar-refractivity contribution in [2.24, 2.45) is 5.92 Å². The molecule has 1 amide bonds. The third kappa shape index (κ3) is 3.70. The summed E-state index contributed by atoms with van der Waals surface area (Å²) in [6.45, 7) is 3.96. The van der Waals surface area contributed by atoms with Crippen LogP contribution in [0.1, 0.15) is 36.5 Å². The van der Waals surface area contributed by atoms with E-state index in [9.17, 15) is 4.79 Å². The summed E-state index contributed by atoms with van der Waals surface area (Å²) in [5, 5.41) is 0. The van der Waals surface area contributed by atoms with Crippen LogP contribution >= 0.6 is 11.8 Å². The topological polar surface area (TPSA) is 42.4 Å². The van der Waals surface area contributed by atoms with E-state index in [0.717, 1.165) is 49.8 Å². The van der Waals surface area contributed by atoms with E-state index in [0.29, 0.717) is 11.4 Å². The number of likely N-dealkylation sites (tertiary alicyclic amines) is 1. The lowest BCUT2D eigenvalue weighted by atomic mass is 9.99. The zero-order chi connectivity index (χ0) is 14.7. The van der Waals surface area contributed by atoms with Crippen molar-refractivity contribution in [1.29, 1.82) is 0 Å². The predicted molar refractivity (Wildman–Crippen MR) is 84.9 cm³/mol. The van der Waals surface area contributed by atoms with E-state index in [1.165, 1.54) is 0 Å². The maximum atomic E-state index is 12.4. The first-order valence-corrected chi connectivity index (χ1v) is 8.87. The van der Waals surface area contributed by atoms with E-state index in [4.69, 9.17) is 4.74 Å². The lowest BCUT2D eigenvalue weighted by Crippen LogP contribution is -2.37. The van der Waals surface area contributed by atoms with Crippen LogP contribution in [0.4, 0.5) is 0 Å². The molecular formula is C16H22N2O2S. The zero-order valence-electron chi connectivity index (χ0n) is 12.5. The molecule has 114 valence electrons. The Balaban J connectivity index is 1.59. The number of carbonyl (C=O) groups excluding carboxylic acids is 1. The quantitative estimate of drug-likeness (QED) is 0.861. The molecular weight excluding hydrogens is 284 g/mol. The van der Waals surface area contributed by atoms with Crippen molar-refractivity contribution in [2.75, 3.05) is 24.6 Å². The number of ether oxygens (including phenoxy) is 1. The Labute approximate surface area is 130 Å². The molecule has 4 nitrogen and oxygen atoms in total. The van der Waals surface area contributed by atoms with Crippen molar-refractivity contribution < 1.29 is 9.53 Å². The monoisotopic (exact) mass is 306 g/mol. The number of thioether (sulfide) groups is 1. The Morgan fingerprint density at radius 1 is 1.33 bits per heavy atom. The van der Waals surface area contributed by atoms with E-state index in [1.54, 1.807) is 6.20 Å². The fraction of sp³-hybridized carbons (Fsp3) is 0.625. The molecule has 0 spiro atoms. The smallest absolute Gasteiger partial charge is 0.255 e. The van der Waals surface area contributed by atoms with Gasteiger partial charge in [0.2, 0.25) is 5.88 Å². The van der Waals surface area contributed by atoms with Crippen LogP contribution in [0.3, 0.4) is 0 Å². The highest BCUT2D eigenvalue weighted by molar-refractivity contribution is 7.99. The predicted octanol–water partition coefficient (Wildman–Crippen LogP) is 2.84. The van der Waals surface area contributed by atoms with E-state index in [-0.39, 0.29) is 12.0 Å². The van der Waals surface area contributed by atoms with Gasteiger partial charge in [-0.1, -0.05) is 6.92 Å². The normalized spacial score (nSPS) is 23.3. The van der Waals surface area contributed by atoms with Crippen LogP contribution in [0, 0.1) is 5.92 Å². The van der Waals surface area contributed by atoms with Gasteiger partial charge in [-0.3, -0.25) is 4.79 Å². The Hall–Kier alpha value is -1.23. The zero-order valence-corrected chi connectivity index (χ0v) is 13.3. The van der Waals surface area contributed by atoms with Crippen LogP contribution in [-0.4, -0.2) is 46.5 Å². The van der Waals surface area contributed by atoms with Crippen molar-refractivity contribution in [2.45, 2.75) is 32.3 Å². The molecule has 21 heavy (non-hydrogen) atoms. The second kappa shape index (κ2) is 6.69. The van der Waals surface area contributed by atoms with Crippen molar-refractivity contribution in [3.8, 4) is 5.88 Å². The summed E-state index contributed by atoms with van der Waals surface area (Å²) in [5.41, 5.74) is 0.665. The number of carbonyl (C=O) groups is 1. The maximum absolute atomic E-state index is 12.4. The summed E-state index contributed by atoms with van der Waals surface area (Å²) in [6, 6.07) is 3.66.